The third-order valence-electron chi connectivity index (χ3n) is 5.99. The summed E-state index contributed by atoms with van der Waals surface area (Å²) >= 11 is 0. The Bertz CT molecular complexity index is 1360. The average Bonchev–Trinajstić information content (AvgIpc) is 3.52. The third kappa shape index (κ3) is 4.77. The van der Waals surface area contributed by atoms with Crippen molar-refractivity contribution in [3.05, 3.63) is 78.4 Å². The number of methoxy groups -OCH3 is 1. The van der Waals surface area contributed by atoms with Crippen molar-refractivity contribution in [1.82, 2.24) is 10.1 Å². The number of hydrogen-bond acceptors (Lipinski definition) is 6. The van der Waals surface area contributed by atoms with E-state index in [2.05, 4.69) is 15.5 Å². The number of nitrogens with one attached hydrogen (secondary N) is 1. The summed E-state index contributed by atoms with van der Waals surface area (Å²) in [5.74, 6) is 0.852. The van der Waals surface area contributed by atoms with E-state index in [0.717, 1.165) is 22.6 Å². The quantitative estimate of drug-likeness (QED) is 0.440. The van der Waals surface area contributed by atoms with E-state index in [-0.39, 0.29) is 18.2 Å². The van der Waals surface area contributed by atoms with Crippen LogP contribution in [0.5, 0.6) is 5.75 Å². The molecule has 5 rings (SSSR count). The van der Waals surface area contributed by atoms with Gasteiger partial charge < -0.3 is 19.5 Å². The van der Waals surface area contributed by atoms with E-state index in [1.165, 1.54) is 0 Å². The van der Waals surface area contributed by atoms with Crippen molar-refractivity contribution in [2.45, 2.75) is 13.3 Å². The van der Waals surface area contributed by atoms with E-state index >= 15 is 0 Å². The zero-order valence-corrected chi connectivity index (χ0v) is 19.4. The van der Waals surface area contributed by atoms with E-state index < -0.39 is 5.92 Å². The van der Waals surface area contributed by atoms with Crippen LogP contribution in [0.25, 0.3) is 22.8 Å². The fourth-order valence-corrected chi connectivity index (χ4v) is 4.03. The zero-order valence-electron chi connectivity index (χ0n) is 19.4. The highest BCUT2D eigenvalue weighted by Crippen LogP contribution is 2.28. The zero-order chi connectivity index (χ0) is 24.4. The standard InChI is InChI=1S/C27H24N4O4/c1-17-6-10-22(11-7-17)31-16-20(15-24(31)32)26(33)28-21-5-3-4-19(14-21)27-29-25(30-35-27)18-8-12-23(34-2)13-9-18/h3-14,20H,15-16H2,1-2H3,(H,28,33)/t20-/m0/s1. The molecule has 2 heterocycles. The number of amides is 2. The van der Waals surface area contributed by atoms with Gasteiger partial charge >= 0.3 is 0 Å². The maximum Gasteiger partial charge on any atom is 0.258 e. The molecule has 8 heteroatoms. The molecule has 2 amide bonds. The highest BCUT2D eigenvalue weighted by molar-refractivity contribution is 6.03. The smallest absolute Gasteiger partial charge is 0.258 e. The number of benzene rings is 3. The Kier molecular flexibility index (Phi) is 6.01. The number of aryl methyl sites for hydroxylation is 1. The second-order valence-electron chi connectivity index (χ2n) is 8.46. The van der Waals surface area contributed by atoms with Gasteiger partial charge in [-0.05, 0) is 61.5 Å². The molecule has 0 saturated carbocycles. The number of rotatable bonds is 6. The molecule has 1 fully saturated rings. The Morgan fingerprint density at radius 3 is 2.57 bits per heavy atom. The summed E-state index contributed by atoms with van der Waals surface area (Å²) in [7, 11) is 1.61. The molecule has 3 aromatic carbocycles. The summed E-state index contributed by atoms with van der Waals surface area (Å²) in [5.41, 5.74) is 4.00. The van der Waals surface area contributed by atoms with E-state index in [9.17, 15) is 9.59 Å². The Morgan fingerprint density at radius 1 is 1.06 bits per heavy atom. The lowest BCUT2D eigenvalue weighted by molar-refractivity contribution is -0.122. The summed E-state index contributed by atoms with van der Waals surface area (Å²) in [6.07, 6.45) is 0.175. The molecule has 0 unspecified atom stereocenters. The first-order valence-corrected chi connectivity index (χ1v) is 11.3. The van der Waals surface area contributed by atoms with Gasteiger partial charge in [-0.1, -0.05) is 28.9 Å². The Hall–Kier alpha value is -4.46. The number of aromatic nitrogens is 2. The van der Waals surface area contributed by atoms with Gasteiger partial charge in [0.25, 0.3) is 5.89 Å². The number of ether oxygens (including phenoxy) is 1. The molecule has 1 aromatic heterocycles. The highest BCUT2D eigenvalue weighted by Gasteiger charge is 2.35. The minimum atomic E-state index is -0.433. The monoisotopic (exact) mass is 468 g/mol. The van der Waals surface area contributed by atoms with Gasteiger partial charge in [0, 0.05) is 35.5 Å². The van der Waals surface area contributed by atoms with Gasteiger partial charge in [-0.25, -0.2) is 0 Å². The Labute approximate surface area is 202 Å². The maximum absolute atomic E-state index is 12.9. The first-order valence-electron chi connectivity index (χ1n) is 11.3. The van der Waals surface area contributed by atoms with Crippen LogP contribution in [-0.4, -0.2) is 35.6 Å². The summed E-state index contributed by atoms with van der Waals surface area (Å²) in [4.78, 5) is 31.6. The maximum atomic E-state index is 12.9. The SMILES string of the molecule is COc1ccc(-c2noc(-c3cccc(NC(=O)[C@H]4CC(=O)N(c5ccc(C)cc5)C4)c3)n2)cc1. The molecule has 176 valence electrons. The lowest BCUT2D eigenvalue weighted by atomic mass is 10.1. The molecule has 35 heavy (non-hydrogen) atoms. The van der Waals surface area contributed by atoms with Gasteiger partial charge in [-0.3, -0.25) is 9.59 Å². The van der Waals surface area contributed by atoms with Crippen LogP contribution in [-0.2, 0) is 9.59 Å². The fraction of sp³-hybridized carbons (Fsp3) is 0.185. The van der Waals surface area contributed by atoms with Crippen molar-refractivity contribution in [3.63, 3.8) is 0 Å². The molecular weight excluding hydrogens is 444 g/mol. The van der Waals surface area contributed by atoms with Crippen LogP contribution < -0.4 is 15.0 Å². The Balaban J connectivity index is 1.27. The van der Waals surface area contributed by atoms with Gasteiger partial charge in [0.2, 0.25) is 17.6 Å². The minimum Gasteiger partial charge on any atom is -0.497 e. The minimum absolute atomic E-state index is 0.0559. The predicted octanol–water partition coefficient (Wildman–Crippen LogP) is 4.71. The van der Waals surface area contributed by atoms with Crippen LogP contribution in [0.1, 0.15) is 12.0 Å². The van der Waals surface area contributed by atoms with E-state index in [1.54, 1.807) is 30.2 Å². The lowest BCUT2D eigenvalue weighted by Crippen LogP contribution is -2.28. The van der Waals surface area contributed by atoms with Crippen molar-refractivity contribution >= 4 is 23.2 Å². The van der Waals surface area contributed by atoms with Crippen LogP contribution >= 0.6 is 0 Å². The number of hydrogen-bond donors (Lipinski definition) is 1. The molecular formula is C27H24N4O4. The molecule has 1 saturated heterocycles. The summed E-state index contributed by atoms with van der Waals surface area (Å²) in [6.45, 7) is 2.34. The number of nitrogens with zero attached hydrogens (tertiary/aromatic N) is 3. The number of carbonyl (C=O) groups excluding carboxylic acids is 2. The molecule has 0 radical (unpaired) electrons. The van der Waals surface area contributed by atoms with Crippen LogP contribution in [0.2, 0.25) is 0 Å². The van der Waals surface area contributed by atoms with E-state index in [0.29, 0.717) is 29.5 Å². The predicted molar refractivity (Wildman–Crippen MR) is 132 cm³/mol. The Morgan fingerprint density at radius 2 is 1.83 bits per heavy atom. The molecule has 0 bridgehead atoms. The third-order valence-corrected chi connectivity index (χ3v) is 5.99. The second kappa shape index (κ2) is 9.42. The van der Waals surface area contributed by atoms with Crippen molar-refractivity contribution in [2.75, 3.05) is 23.9 Å². The molecule has 0 spiro atoms. The number of carbonyl (C=O) groups is 2. The largest absolute Gasteiger partial charge is 0.497 e. The van der Waals surface area contributed by atoms with Gasteiger partial charge in [0.1, 0.15) is 5.75 Å². The fourth-order valence-electron chi connectivity index (χ4n) is 4.03. The average molecular weight is 469 g/mol. The van der Waals surface area contributed by atoms with Gasteiger partial charge in [0.05, 0.1) is 13.0 Å². The van der Waals surface area contributed by atoms with Crippen LogP contribution in [0, 0.1) is 12.8 Å². The number of anilines is 2. The van der Waals surface area contributed by atoms with E-state index in [4.69, 9.17) is 9.26 Å². The van der Waals surface area contributed by atoms with E-state index in [1.807, 2.05) is 61.5 Å². The molecule has 1 atom stereocenters. The molecule has 8 nitrogen and oxygen atoms in total. The normalized spacial score (nSPS) is 15.3. The van der Waals surface area contributed by atoms with Crippen LogP contribution in [0.3, 0.4) is 0 Å². The first kappa shape index (κ1) is 22.3. The van der Waals surface area contributed by atoms with Crippen molar-refractivity contribution in [3.8, 4) is 28.6 Å². The van der Waals surface area contributed by atoms with Crippen molar-refractivity contribution < 1.29 is 18.8 Å². The topological polar surface area (TPSA) is 97.6 Å². The molecule has 1 aliphatic heterocycles. The van der Waals surface area contributed by atoms with Crippen molar-refractivity contribution in [1.29, 1.82) is 0 Å². The molecule has 1 N–H and O–H groups in total. The molecule has 0 aliphatic carbocycles. The lowest BCUT2D eigenvalue weighted by Gasteiger charge is -2.17. The van der Waals surface area contributed by atoms with Crippen LogP contribution in [0.4, 0.5) is 11.4 Å². The summed E-state index contributed by atoms with van der Waals surface area (Å²) in [6, 6.07) is 22.3. The first-order chi connectivity index (χ1) is 17.0. The highest BCUT2D eigenvalue weighted by atomic mass is 16.5. The second-order valence-corrected chi connectivity index (χ2v) is 8.46. The molecule has 1 aliphatic rings. The summed E-state index contributed by atoms with van der Waals surface area (Å²) in [5, 5.41) is 6.99. The summed E-state index contributed by atoms with van der Waals surface area (Å²) < 4.78 is 10.6. The van der Waals surface area contributed by atoms with Crippen LogP contribution in [0.15, 0.2) is 77.3 Å². The van der Waals surface area contributed by atoms with Crippen molar-refractivity contribution in [2.24, 2.45) is 5.92 Å². The van der Waals surface area contributed by atoms with Gasteiger partial charge in [-0.2, -0.15) is 4.98 Å². The van der Waals surface area contributed by atoms with Gasteiger partial charge in [0.15, 0.2) is 0 Å². The molecule has 4 aromatic rings. The van der Waals surface area contributed by atoms with Gasteiger partial charge in [-0.15, -0.1) is 0 Å².